The topological polar surface area (TPSA) is 278 Å². The second kappa shape index (κ2) is 27.5. The summed E-state index contributed by atoms with van der Waals surface area (Å²) in [5, 5.41) is 46.2. The Balaban J connectivity index is 0.00000145. The van der Waals surface area contributed by atoms with Gasteiger partial charge in [0.25, 0.3) is 0 Å². The van der Waals surface area contributed by atoms with Crippen molar-refractivity contribution in [1.82, 2.24) is 65.8 Å². The highest BCUT2D eigenvalue weighted by molar-refractivity contribution is 5.92. The first-order valence-corrected chi connectivity index (χ1v) is 31.5. The van der Waals surface area contributed by atoms with Gasteiger partial charge >= 0.3 is 12.4 Å². The molecule has 3 aliphatic heterocycles. The molecular weight excluding hydrogens is 1210 g/mol. The lowest BCUT2D eigenvalue weighted by molar-refractivity contribution is -0.138. The van der Waals surface area contributed by atoms with Gasteiger partial charge < -0.3 is 41.7 Å². The summed E-state index contributed by atoms with van der Waals surface area (Å²) in [6.07, 6.45) is 0.502. The van der Waals surface area contributed by atoms with Gasteiger partial charge in [0.15, 0.2) is 22.8 Å². The van der Waals surface area contributed by atoms with Crippen molar-refractivity contribution >= 4 is 50.6 Å². The largest absolute Gasteiger partial charge is 0.418 e. The molecule has 20 nitrogen and oxygen atoms in total. The lowest BCUT2D eigenvalue weighted by Crippen LogP contribution is -2.58. The Bertz CT molecular complexity index is 3870. The Hall–Kier alpha value is -7.98. The Morgan fingerprint density at radius 1 is 0.581 bits per heavy atom. The molecule has 3 aliphatic rings. The smallest absolute Gasteiger partial charge is 0.396 e. The van der Waals surface area contributed by atoms with Crippen LogP contribution in [0.25, 0.3) is 67.3 Å². The number of alkyl halides is 6. The second-order valence-electron chi connectivity index (χ2n) is 26.9. The molecule has 12 heterocycles. The molecule has 9 aromatic rings. The number of pyridine rings is 6. The number of nitrogens with one attached hydrogen (secondary N) is 4. The summed E-state index contributed by atoms with van der Waals surface area (Å²) in [6.45, 7) is 18.7. The van der Waals surface area contributed by atoms with E-state index >= 15 is 0 Å². The Morgan fingerprint density at radius 2 is 0.978 bits per heavy atom. The van der Waals surface area contributed by atoms with Gasteiger partial charge in [-0.3, -0.25) is 15.3 Å². The highest BCUT2D eigenvalue weighted by Crippen LogP contribution is 2.44. The fourth-order valence-electron chi connectivity index (χ4n) is 14.1. The van der Waals surface area contributed by atoms with Crippen LogP contribution in [0.2, 0.25) is 0 Å². The molecule has 0 saturated carbocycles. The number of anilines is 3. The Kier molecular flexibility index (Phi) is 20.1. The molecule has 3 fully saturated rings. The van der Waals surface area contributed by atoms with E-state index in [2.05, 4.69) is 114 Å². The van der Waals surface area contributed by atoms with E-state index in [9.17, 15) is 40.9 Å². The Morgan fingerprint density at radius 3 is 1.37 bits per heavy atom. The summed E-state index contributed by atoms with van der Waals surface area (Å²) in [5.74, 6) is 2.41. The maximum absolute atomic E-state index is 14.7. The molecule has 93 heavy (non-hydrogen) atoms. The molecule has 12 rings (SSSR count). The molecule has 3 saturated heterocycles. The lowest BCUT2D eigenvalue weighted by Gasteiger charge is -2.47. The molecule has 518 valence electrons. The van der Waals surface area contributed by atoms with Crippen molar-refractivity contribution in [2.24, 2.45) is 45.5 Å². The summed E-state index contributed by atoms with van der Waals surface area (Å²) >= 11 is 0. The molecule has 0 bridgehead atoms. The molecule has 9 aromatic heterocycles. The average molecular weight is 1310 g/mol. The van der Waals surface area contributed by atoms with Crippen molar-refractivity contribution in [2.75, 3.05) is 74.2 Å². The number of aromatic nitrogens is 12. The van der Waals surface area contributed by atoms with Gasteiger partial charge in [0, 0.05) is 117 Å². The van der Waals surface area contributed by atoms with Crippen LogP contribution in [0.1, 0.15) is 112 Å². The van der Waals surface area contributed by atoms with E-state index in [1.807, 2.05) is 29.0 Å². The zero-order chi connectivity index (χ0) is 66.8. The summed E-state index contributed by atoms with van der Waals surface area (Å²) < 4.78 is 97.7. The molecule has 27 heteroatoms. The minimum absolute atomic E-state index is 0. The highest BCUT2D eigenvalue weighted by Gasteiger charge is 2.45. The minimum Gasteiger partial charge on any atom is -0.396 e. The predicted molar refractivity (Wildman–Crippen MR) is 367 cm³/mol. The SMILES string of the molecule is CC(C)CC1(CO)CN(c2ccc(C(F)(F)F)c(-c3[nH]nc4ncccc34)n2)CCC1N.CC(C)CC1(CO)CN(c2ccc(C(F)(F)F)c(-c3[nH]nc4ncccc34)n2)CCC1N.CNC(C1CCCN(c2ccc(F)c(-c3[nH]nc4ncccc34)n2)C1)C(C)(C)C.[HH].[HH].[HH].[HH].[HH].[HH].[HH].[HH].[HH].[HH]. The van der Waals surface area contributed by atoms with E-state index in [4.69, 9.17) is 16.5 Å². The summed E-state index contributed by atoms with van der Waals surface area (Å²) in [5.41, 5.74) is 12.1. The van der Waals surface area contributed by atoms with Crippen LogP contribution in [0.15, 0.2) is 91.4 Å². The van der Waals surface area contributed by atoms with E-state index in [1.54, 1.807) is 36.5 Å². The van der Waals surface area contributed by atoms with Gasteiger partial charge in [-0.15, -0.1) is 0 Å². The number of nitrogens with zero attached hydrogens (tertiary/aromatic N) is 12. The molecule has 10 N–H and O–H groups in total. The number of piperidine rings is 3. The minimum atomic E-state index is -4.59. The average Bonchev–Trinajstić information content (AvgIpc) is 1.76. The number of nitrogens with two attached hydrogens (primary N) is 2. The van der Waals surface area contributed by atoms with Crippen LogP contribution in [0.5, 0.6) is 0 Å². The molecule has 0 amide bonds. The van der Waals surface area contributed by atoms with Crippen LogP contribution >= 0.6 is 0 Å². The number of aliphatic hydroxyl groups excluding tert-OH is 2. The third kappa shape index (κ3) is 14.6. The van der Waals surface area contributed by atoms with Crippen LogP contribution in [0.3, 0.4) is 0 Å². The summed E-state index contributed by atoms with van der Waals surface area (Å²) in [6, 6.07) is 18.5. The van der Waals surface area contributed by atoms with Gasteiger partial charge in [-0.05, 0) is 142 Å². The molecule has 0 radical (unpaired) electrons. The lowest BCUT2D eigenvalue weighted by atomic mass is 9.71. The zero-order valence-electron chi connectivity index (χ0n) is 53.6. The second-order valence-corrected chi connectivity index (χ2v) is 26.9. The number of rotatable bonds is 14. The standard InChI is InChI=1S/2C22H27F3N6O.C22H29FN6.10H2/c2*1-13(2)10-21(12-32)11-31(9-7-16(21)26)17-6-5-15(22(23,24)25)19(28-17)18-14-4-3-8-27-20(14)30-29-18;1-22(2,3)20(24-4)14-7-6-12-29(13-14)17-10-9-16(23)19(26-17)18-15-8-5-11-25-21(15)28-27-18;;;;;;;;;;/h2*3-6,8,13,16,32H,7,9-12,26H2,1-2H3,(H,27,29,30);5,8-11,14,20,24H,6-7,12-13H2,1-4H3,(H,25,27,28);10*1H. The molecule has 0 aliphatic carbocycles. The van der Waals surface area contributed by atoms with Gasteiger partial charge in [-0.1, -0.05) is 48.5 Å². The monoisotopic (exact) mass is 1310 g/mol. The van der Waals surface area contributed by atoms with Crippen molar-refractivity contribution in [2.45, 2.75) is 117 Å². The van der Waals surface area contributed by atoms with E-state index in [0.717, 1.165) is 42.8 Å². The predicted octanol–water partition coefficient (Wildman–Crippen LogP) is 13.7. The first-order valence-electron chi connectivity index (χ1n) is 31.5. The van der Waals surface area contributed by atoms with E-state index in [-0.39, 0.29) is 73.6 Å². The van der Waals surface area contributed by atoms with Crippen molar-refractivity contribution < 1.29 is 55.2 Å². The number of aromatic amines is 3. The third-order valence-electron chi connectivity index (χ3n) is 18.3. The summed E-state index contributed by atoms with van der Waals surface area (Å²) in [4.78, 5) is 32.1. The number of hydrogen-bond donors (Lipinski definition) is 8. The van der Waals surface area contributed by atoms with E-state index in [1.165, 1.54) is 37.0 Å². The van der Waals surface area contributed by atoms with Crippen LogP contribution in [0.4, 0.5) is 48.2 Å². The normalized spacial score (nSPS) is 21.1. The van der Waals surface area contributed by atoms with Crippen LogP contribution in [-0.4, -0.2) is 148 Å². The first kappa shape index (κ1) is 67.9. The highest BCUT2D eigenvalue weighted by atomic mass is 19.4. The van der Waals surface area contributed by atoms with Crippen molar-refractivity contribution in [3.8, 4) is 34.2 Å². The number of fused-ring (bicyclic) bond motifs is 3. The Labute approximate surface area is 549 Å². The van der Waals surface area contributed by atoms with Crippen LogP contribution in [0, 0.1) is 39.8 Å². The van der Waals surface area contributed by atoms with Gasteiger partial charge in [-0.25, -0.2) is 34.3 Å². The number of H-pyrrole nitrogens is 3. The molecule has 0 aromatic carbocycles. The maximum atomic E-state index is 14.7. The molecule has 0 spiro atoms. The van der Waals surface area contributed by atoms with Crippen molar-refractivity contribution in [1.29, 1.82) is 0 Å². The third-order valence-corrected chi connectivity index (χ3v) is 18.3. The van der Waals surface area contributed by atoms with Crippen molar-refractivity contribution in [3.63, 3.8) is 0 Å². The number of hydrogen-bond acceptors (Lipinski definition) is 17. The zero-order valence-corrected chi connectivity index (χ0v) is 53.6. The van der Waals surface area contributed by atoms with Gasteiger partial charge in [0.1, 0.15) is 34.5 Å². The van der Waals surface area contributed by atoms with Gasteiger partial charge in [0.2, 0.25) is 0 Å². The number of aliphatic hydroxyl groups is 2. The van der Waals surface area contributed by atoms with E-state index < -0.39 is 34.3 Å². The summed E-state index contributed by atoms with van der Waals surface area (Å²) in [7, 11) is 2.04. The number of halogens is 7. The van der Waals surface area contributed by atoms with Crippen LogP contribution in [-0.2, 0) is 12.4 Å². The fourth-order valence-corrected chi connectivity index (χ4v) is 14.1. The quantitative estimate of drug-likeness (QED) is 0.0470. The molecular formula is C66H103F7N18O2. The van der Waals surface area contributed by atoms with Crippen LogP contribution < -0.4 is 31.5 Å². The molecule has 6 unspecified atom stereocenters. The van der Waals surface area contributed by atoms with Gasteiger partial charge in [-0.2, -0.15) is 41.6 Å². The first-order chi connectivity index (χ1) is 44.2. The fraction of sp³-hybridized carbons (Fsp3) is 0.500. The molecule has 6 atom stereocenters. The van der Waals surface area contributed by atoms with E-state index in [0.29, 0.717) is 126 Å². The van der Waals surface area contributed by atoms with Crippen molar-refractivity contribution in [3.05, 3.63) is 108 Å². The van der Waals surface area contributed by atoms with Gasteiger partial charge in [0.05, 0.1) is 41.4 Å². The maximum Gasteiger partial charge on any atom is 0.418 e.